The third-order valence-electron chi connectivity index (χ3n) is 4.43. The Morgan fingerprint density at radius 2 is 2.16 bits per heavy atom. The summed E-state index contributed by atoms with van der Waals surface area (Å²) < 4.78 is 23.8. The molecule has 2 fully saturated rings. The summed E-state index contributed by atoms with van der Waals surface area (Å²) >= 11 is 1.75. The average Bonchev–Trinajstić information content (AvgIpc) is 2.31. The van der Waals surface area contributed by atoms with Crippen molar-refractivity contribution >= 4 is 21.6 Å². The van der Waals surface area contributed by atoms with Crippen molar-refractivity contribution in [3.05, 3.63) is 0 Å². The quantitative estimate of drug-likeness (QED) is 0.848. The van der Waals surface area contributed by atoms with Gasteiger partial charge in [0, 0.05) is 36.9 Å². The maximum absolute atomic E-state index is 11.9. The minimum absolute atomic E-state index is 0.255. The van der Waals surface area contributed by atoms with E-state index < -0.39 is 9.84 Å². The minimum atomic E-state index is -2.99. The fourth-order valence-electron chi connectivity index (χ4n) is 3.04. The van der Waals surface area contributed by atoms with E-state index in [1.165, 1.54) is 19.1 Å². The van der Waals surface area contributed by atoms with Crippen LogP contribution in [0.15, 0.2) is 0 Å². The van der Waals surface area contributed by atoms with Crippen LogP contribution in [0, 0.1) is 5.41 Å². The van der Waals surface area contributed by atoms with Crippen LogP contribution in [-0.2, 0) is 9.84 Å². The number of sulfone groups is 1. The molecule has 0 saturated carbocycles. The van der Waals surface area contributed by atoms with E-state index in [1.54, 1.807) is 11.8 Å². The van der Waals surface area contributed by atoms with Gasteiger partial charge in [-0.25, -0.2) is 8.42 Å². The molecule has 1 N–H and O–H groups in total. The maximum atomic E-state index is 11.9. The smallest absolute Gasteiger partial charge is 0.164 e. The Balaban J connectivity index is 2.07. The molecule has 2 aliphatic rings. The van der Waals surface area contributed by atoms with Crippen molar-refractivity contribution in [2.45, 2.75) is 38.1 Å². The number of hydrogen-bond acceptors (Lipinski definition) is 5. The molecule has 0 bridgehead atoms. The number of rotatable bonds is 3. The first kappa shape index (κ1) is 15.6. The average molecular weight is 306 g/mol. The molecule has 0 aromatic heterocycles. The van der Waals surface area contributed by atoms with Crippen LogP contribution in [-0.4, -0.2) is 62.1 Å². The van der Waals surface area contributed by atoms with Gasteiger partial charge in [0.25, 0.3) is 0 Å². The van der Waals surface area contributed by atoms with E-state index >= 15 is 0 Å². The van der Waals surface area contributed by atoms with Gasteiger partial charge in [0.05, 0.1) is 0 Å². The molecule has 19 heavy (non-hydrogen) atoms. The third-order valence-corrected chi connectivity index (χ3v) is 7.12. The van der Waals surface area contributed by atoms with Crippen molar-refractivity contribution in [3.63, 3.8) is 0 Å². The predicted octanol–water partition coefficient (Wildman–Crippen LogP) is 1.18. The molecule has 0 aromatic carbocycles. The summed E-state index contributed by atoms with van der Waals surface area (Å²) in [5, 5.41) is 3.29. The predicted molar refractivity (Wildman–Crippen MR) is 82.3 cm³/mol. The lowest BCUT2D eigenvalue weighted by Crippen LogP contribution is -2.57. The number of nitrogens with one attached hydrogen (secondary N) is 1. The van der Waals surface area contributed by atoms with Gasteiger partial charge in [-0.05, 0) is 24.8 Å². The molecule has 4 nitrogen and oxygen atoms in total. The van der Waals surface area contributed by atoms with Crippen molar-refractivity contribution in [1.82, 2.24) is 10.2 Å². The summed E-state index contributed by atoms with van der Waals surface area (Å²) in [6.07, 6.45) is 3.81. The van der Waals surface area contributed by atoms with Gasteiger partial charge in [-0.3, -0.25) is 4.90 Å². The van der Waals surface area contributed by atoms with E-state index in [4.69, 9.17) is 0 Å². The maximum Gasteiger partial charge on any atom is 0.164 e. The van der Waals surface area contributed by atoms with E-state index in [1.807, 2.05) is 0 Å². The van der Waals surface area contributed by atoms with Gasteiger partial charge in [-0.15, -0.1) is 0 Å². The van der Waals surface area contributed by atoms with Crippen LogP contribution in [0.4, 0.5) is 0 Å². The number of piperidine rings is 1. The Morgan fingerprint density at radius 1 is 1.42 bits per heavy atom. The highest BCUT2D eigenvalue weighted by molar-refractivity contribution is 8.00. The Morgan fingerprint density at radius 3 is 2.79 bits per heavy atom. The van der Waals surface area contributed by atoms with Crippen LogP contribution in [0.5, 0.6) is 0 Å². The van der Waals surface area contributed by atoms with Crippen molar-refractivity contribution in [1.29, 1.82) is 0 Å². The van der Waals surface area contributed by atoms with Crippen LogP contribution >= 0.6 is 11.8 Å². The van der Waals surface area contributed by atoms with Crippen molar-refractivity contribution in [2.24, 2.45) is 5.41 Å². The summed E-state index contributed by atoms with van der Waals surface area (Å²) in [6.45, 7) is 7.37. The summed E-state index contributed by atoms with van der Waals surface area (Å²) in [7, 11) is -2.99. The van der Waals surface area contributed by atoms with Crippen LogP contribution in [0.3, 0.4) is 0 Å². The molecule has 2 atom stereocenters. The molecule has 6 heteroatoms. The van der Waals surface area contributed by atoms with Crippen LogP contribution in [0.2, 0.25) is 0 Å². The molecular weight excluding hydrogens is 280 g/mol. The second-order valence-corrected chi connectivity index (χ2v) is 9.81. The Labute approximate surface area is 121 Å². The van der Waals surface area contributed by atoms with Crippen molar-refractivity contribution in [2.75, 3.05) is 37.4 Å². The molecule has 2 saturated heterocycles. The fourth-order valence-corrected chi connectivity index (χ4v) is 5.99. The zero-order chi connectivity index (χ0) is 14.1. The zero-order valence-electron chi connectivity index (χ0n) is 12.2. The highest BCUT2D eigenvalue weighted by Crippen LogP contribution is 2.32. The fraction of sp³-hybridized carbons (Fsp3) is 1.00. The molecular formula is C13H26N2O2S2. The summed E-state index contributed by atoms with van der Waals surface area (Å²) in [5.41, 5.74) is 0.255. The minimum Gasteiger partial charge on any atom is -0.312 e. The van der Waals surface area contributed by atoms with E-state index in [0.717, 1.165) is 25.4 Å². The first-order chi connectivity index (χ1) is 8.81. The second-order valence-electron chi connectivity index (χ2n) is 6.45. The number of nitrogens with zero attached hydrogens (tertiary/aromatic N) is 1. The van der Waals surface area contributed by atoms with Crippen LogP contribution in [0.1, 0.15) is 26.7 Å². The molecule has 0 aliphatic carbocycles. The van der Waals surface area contributed by atoms with Gasteiger partial charge in [-0.2, -0.15) is 11.8 Å². The lowest BCUT2D eigenvalue weighted by Gasteiger charge is -2.44. The van der Waals surface area contributed by atoms with Crippen LogP contribution < -0.4 is 5.32 Å². The second kappa shape index (κ2) is 5.92. The lowest BCUT2D eigenvalue weighted by molar-refractivity contribution is 0.124. The van der Waals surface area contributed by atoms with Crippen molar-refractivity contribution < 1.29 is 8.42 Å². The molecule has 0 aromatic rings. The van der Waals surface area contributed by atoms with Gasteiger partial charge >= 0.3 is 0 Å². The molecule has 0 spiro atoms. The van der Waals surface area contributed by atoms with Gasteiger partial charge in [-0.1, -0.05) is 13.8 Å². The lowest BCUT2D eigenvalue weighted by atomic mass is 9.77. The summed E-state index contributed by atoms with van der Waals surface area (Å²) in [5.74, 6) is 1.76. The zero-order valence-corrected chi connectivity index (χ0v) is 13.8. The summed E-state index contributed by atoms with van der Waals surface area (Å²) in [4.78, 5) is 2.18. The monoisotopic (exact) mass is 306 g/mol. The molecule has 112 valence electrons. The van der Waals surface area contributed by atoms with Crippen LogP contribution in [0.25, 0.3) is 0 Å². The first-order valence-corrected chi connectivity index (χ1v) is 10.2. The van der Waals surface area contributed by atoms with E-state index in [9.17, 15) is 8.42 Å². The first-order valence-electron chi connectivity index (χ1n) is 7.05. The van der Waals surface area contributed by atoms with E-state index in [2.05, 4.69) is 24.1 Å². The molecule has 2 rings (SSSR count). The molecule has 2 unspecified atom stereocenters. The topological polar surface area (TPSA) is 49.4 Å². The Kier molecular flexibility index (Phi) is 4.86. The third kappa shape index (κ3) is 3.86. The number of thioether (sulfide) groups is 1. The Bertz CT molecular complexity index is 409. The molecule has 2 heterocycles. The molecule has 2 aliphatic heterocycles. The van der Waals surface area contributed by atoms with E-state index in [-0.39, 0.29) is 10.8 Å². The SMILES string of the molecule is CC1(C)CCCNC1CN1CCSCC1S(C)(=O)=O. The standard InChI is InChI=1S/C13H26N2O2S2/c1-13(2)5-4-6-14-11(13)9-15-7-8-18-10-12(15)19(3,16)17/h11-12,14H,4-10H2,1-3H3. The number of hydrogen-bond donors (Lipinski definition) is 1. The van der Waals surface area contributed by atoms with Gasteiger partial charge in [0.2, 0.25) is 0 Å². The highest BCUT2D eigenvalue weighted by atomic mass is 32.2. The summed E-state index contributed by atoms with van der Waals surface area (Å²) in [6, 6.07) is 0.397. The largest absolute Gasteiger partial charge is 0.312 e. The highest BCUT2D eigenvalue weighted by Gasteiger charge is 2.37. The molecule has 0 amide bonds. The molecule has 0 radical (unpaired) electrons. The van der Waals surface area contributed by atoms with Gasteiger partial charge in [0.1, 0.15) is 5.37 Å². The Hall–Kier alpha value is 0.220. The van der Waals surface area contributed by atoms with E-state index in [0.29, 0.717) is 11.8 Å². The van der Waals surface area contributed by atoms with Crippen molar-refractivity contribution in [3.8, 4) is 0 Å². The normalized spacial score (nSPS) is 33.2. The van der Waals surface area contributed by atoms with Gasteiger partial charge < -0.3 is 5.32 Å². The van der Waals surface area contributed by atoms with Gasteiger partial charge in [0.15, 0.2) is 9.84 Å².